The van der Waals surface area contributed by atoms with Gasteiger partial charge in [0, 0.05) is 18.3 Å². The molecule has 0 amide bonds. The lowest BCUT2D eigenvalue weighted by atomic mass is 10.2. The minimum atomic E-state index is 0.522. The number of pyridine rings is 1. The molecule has 0 aromatic carbocycles. The first kappa shape index (κ1) is 9.43. The highest BCUT2D eigenvalue weighted by molar-refractivity contribution is 6.30. The lowest BCUT2D eigenvalue weighted by molar-refractivity contribution is 0.263. The second-order valence-corrected chi connectivity index (χ2v) is 4.76. The van der Waals surface area contributed by atoms with E-state index in [4.69, 9.17) is 16.3 Å². The zero-order chi connectivity index (χ0) is 10.3. The minimum Gasteiger partial charge on any atom is -0.490 e. The molecule has 1 saturated carbocycles. The van der Waals surface area contributed by atoms with Crippen LogP contribution in [0.15, 0.2) is 18.5 Å². The third-order valence-corrected chi connectivity index (χ3v) is 3.45. The first-order valence-electron chi connectivity index (χ1n) is 5.29. The lowest BCUT2D eigenvalue weighted by Gasteiger charge is -2.14. The Bertz CT molecular complexity index is 371. The third-order valence-electron chi connectivity index (χ3n) is 3.25. The maximum atomic E-state index is 5.82. The maximum Gasteiger partial charge on any atom is 0.139 e. The van der Waals surface area contributed by atoms with Crippen LogP contribution in [-0.4, -0.2) is 24.2 Å². The van der Waals surface area contributed by atoms with Crippen LogP contribution in [-0.2, 0) is 0 Å². The molecule has 2 aliphatic rings. The lowest BCUT2D eigenvalue weighted by Crippen LogP contribution is -2.32. The number of piperidine rings is 1. The van der Waals surface area contributed by atoms with Crippen LogP contribution in [0, 0.1) is 11.8 Å². The third kappa shape index (κ3) is 1.94. The van der Waals surface area contributed by atoms with E-state index in [-0.39, 0.29) is 0 Å². The van der Waals surface area contributed by atoms with Crippen molar-refractivity contribution in [3.8, 4) is 5.75 Å². The van der Waals surface area contributed by atoms with Crippen LogP contribution in [0.3, 0.4) is 0 Å². The molecule has 3 nitrogen and oxygen atoms in total. The van der Waals surface area contributed by atoms with Gasteiger partial charge in [-0.05, 0) is 24.8 Å². The zero-order valence-electron chi connectivity index (χ0n) is 8.32. The molecule has 1 aromatic rings. The van der Waals surface area contributed by atoms with Crippen molar-refractivity contribution in [2.24, 2.45) is 11.8 Å². The number of nitrogens with one attached hydrogen (secondary N) is 1. The molecule has 2 fully saturated rings. The molecule has 1 saturated heterocycles. The summed E-state index contributed by atoms with van der Waals surface area (Å²) in [7, 11) is 0. The molecule has 1 aromatic heterocycles. The van der Waals surface area contributed by atoms with Crippen LogP contribution in [0.2, 0.25) is 5.02 Å². The second-order valence-electron chi connectivity index (χ2n) is 4.32. The van der Waals surface area contributed by atoms with Gasteiger partial charge in [0.05, 0.1) is 11.2 Å². The fraction of sp³-hybridized carbons (Fsp3) is 0.545. The number of hydrogen-bond donors (Lipinski definition) is 1. The highest BCUT2D eigenvalue weighted by Crippen LogP contribution is 2.45. The number of aromatic nitrogens is 1. The summed E-state index contributed by atoms with van der Waals surface area (Å²) >= 11 is 5.82. The highest BCUT2D eigenvalue weighted by Gasteiger charge is 2.48. The average molecular weight is 225 g/mol. The number of halogens is 1. The van der Waals surface area contributed by atoms with Crippen molar-refractivity contribution in [2.45, 2.75) is 12.5 Å². The Hall–Kier alpha value is -0.800. The fourth-order valence-electron chi connectivity index (χ4n) is 2.29. The van der Waals surface area contributed by atoms with Crippen molar-refractivity contribution in [1.29, 1.82) is 0 Å². The van der Waals surface area contributed by atoms with Gasteiger partial charge in [-0.3, -0.25) is 4.98 Å². The summed E-state index contributed by atoms with van der Waals surface area (Å²) in [5.41, 5.74) is 0. The van der Waals surface area contributed by atoms with Crippen LogP contribution in [0.1, 0.15) is 6.42 Å². The molecule has 3 rings (SSSR count). The van der Waals surface area contributed by atoms with E-state index in [1.807, 2.05) is 0 Å². The average Bonchev–Trinajstić information content (AvgIpc) is 2.90. The van der Waals surface area contributed by atoms with Crippen molar-refractivity contribution in [3.05, 3.63) is 23.5 Å². The summed E-state index contributed by atoms with van der Waals surface area (Å²) < 4.78 is 5.66. The van der Waals surface area contributed by atoms with E-state index >= 15 is 0 Å². The predicted molar refractivity (Wildman–Crippen MR) is 58.1 cm³/mol. The quantitative estimate of drug-likeness (QED) is 0.849. The first-order valence-corrected chi connectivity index (χ1v) is 5.67. The molecule has 1 N–H and O–H groups in total. The van der Waals surface area contributed by atoms with Gasteiger partial charge < -0.3 is 10.1 Å². The molecule has 3 atom stereocenters. The molecule has 1 aliphatic heterocycles. The highest BCUT2D eigenvalue weighted by atomic mass is 35.5. The summed E-state index contributed by atoms with van der Waals surface area (Å²) in [4.78, 5) is 3.98. The van der Waals surface area contributed by atoms with E-state index in [0.29, 0.717) is 11.1 Å². The van der Waals surface area contributed by atoms with Crippen LogP contribution in [0.5, 0.6) is 5.75 Å². The summed E-state index contributed by atoms with van der Waals surface area (Å²) in [5.74, 6) is 2.52. The van der Waals surface area contributed by atoms with Gasteiger partial charge in [-0.1, -0.05) is 11.6 Å². The molecule has 0 unspecified atom stereocenters. The standard InChI is InChI=1S/C11H13ClN2O/c12-8-2-9(5-13-4-8)15-6-11-10-1-7(10)3-14-11/h2,4-5,7,10-11,14H,1,3,6H2/t7-,10-,11+/m0/s1. The van der Waals surface area contributed by atoms with Gasteiger partial charge in [0.1, 0.15) is 12.4 Å². The Balaban J connectivity index is 1.57. The van der Waals surface area contributed by atoms with Gasteiger partial charge in [-0.25, -0.2) is 0 Å². The number of ether oxygens (including phenoxy) is 1. The topological polar surface area (TPSA) is 34.1 Å². The Kier molecular flexibility index (Phi) is 2.29. The second kappa shape index (κ2) is 3.65. The Morgan fingerprint density at radius 1 is 1.53 bits per heavy atom. The zero-order valence-corrected chi connectivity index (χ0v) is 9.07. The molecule has 80 valence electrons. The van der Waals surface area contributed by atoms with E-state index < -0.39 is 0 Å². The molecule has 4 heteroatoms. The summed E-state index contributed by atoms with van der Waals surface area (Å²) in [6.07, 6.45) is 4.68. The SMILES string of the molecule is Clc1cncc(OC[C@H]2NC[C@@H]3C[C@@H]32)c1. The first-order chi connectivity index (χ1) is 7.33. The fourth-order valence-corrected chi connectivity index (χ4v) is 2.46. The van der Waals surface area contributed by atoms with E-state index in [0.717, 1.165) is 30.7 Å². The van der Waals surface area contributed by atoms with Gasteiger partial charge in [-0.15, -0.1) is 0 Å². The molecular formula is C11H13ClN2O. The van der Waals surface area contributed by atoms with Crippen molar-refractivity contribution >= 4 is 11.6 Å². The summed E-state index contributed by atoms with van der Waals surface area (Å²) in [6.45, 7) is 1.88. The Morgan fingerprint density at radius 3 is 3.13 bits per heavy atom. The van der Waals surface area contributed by atoms with Gasteiger partial charge in [0.2, 0.25) is 0 Å². The molecule has 15 heavy (non-hydrogen) atoms. The van der Waals surface area contributed by atoms with Crippen molar-refractivity contribution in [1.82, 2.24) is 10.3 Å². The van der Waals surface area contributed by atoms with Crippen molar-refractivity contribution in [2.75, 3.05) is 13.2 Å². The molecule has 1 aliphatic carbocycles. The van der Waals surface area contributed by atoms with E-state index in [9.17, 15) is 0 Å². The van der Waals surface area contributed by atoms with Crippen LogP contribution >= 0.6 is 11.6 Å². The molecule has 0 radical (unpaired) electrons. The van der Waals surface area contributed by atoms with Crippen LogP contribution in [0.4, 0.5) is 0 Å². The number of hydrogen-bond acceptors (Lipinski definition) is 3. The molecule has 2 heterocycles. The smallest absolute Gasteiger partial charge is 0.139 e. The van der Waals surface area contributed by atoms with Crippen LogP contribution in [0.25, 0.3) is 0 Å². The molecular weight excluding hydrogens is 212 g/mol. The molecule has 0 bridgehead atoms. The number of fused-ring (bicyclic) bond motifs is 1. The van der Waals surface area contributed by atoms with Gasteiger partial charge >= 0.3 is 0 Å². The van der Waals surface area contributed by atoms with Gasteiger partial charge in [0.25, 0.3) is 0 Å². The van der Waals surface area contributed by atoms with Crippen molar-refractivity contribution in [3.63, 3.8) is 0 Å². The van der Waals surface area contributed by atoms with Gasteiger partial charge in [0.15, 0.2) is 0 Å². The summed E-state index contributed by atoms with van der Waals surface area (Å²) in [5, 5.41) is 4.08. The van der Waals surface area contributed by atoms with E-state index in [1.54, 1.807) is 18.5 Å². The van der Waals surface area contributed by atoms with Crippen LogP contribution < -0.4 is 10.1 Å². The Labute approximate surface area is 93.8 Å². The summed E-state index contributed by atoms with van der Waals surface area (Å²) in [6, 6.07) is 2.32. The maximum absolute atomic E-state index is 5.82. The monoisotopic (exact) mass is 224 g/mol. The van der Waals surface area contributed by atoms with E-state index in [1.165, 1.54) is 6.42 Å². The normalized spacial score (nSPS) is 32.5. The van der Waals surface area contributed by atoms with Gasteiger partial charge in [-0.2, -0.15) is 0 Å². The Morgan fingerprint density at radius 2 is 2.47 bits per heavy atom. The predicted octanol–water partition coefficient (Wildman–Crippen LogP) is 1.72. The van der Waals surface area contributed by atoms with Crippen molar-refractivity contribution < 1.29 is 4.74 Å². The largest absolute Gasteiger partial charge is 0.490 e. The number of rotatable bonds is 3. The minimum absolute atomic E-state index is 0.522. The number of nitrogens with zero attached hydrogens (tertiary/aromatic N) is 1. The molecule has 0 spiro atoms. The van der Waals surface area contributed by atoms with E-state index in [2.05, 4.69) is 10.3 Å².